The lowest BCUT2D eigenvalue weighted by atomic mass is 10.1. The van der Waals surface area contributed by atoms with Gasteiger partial charge < -0.3 is 35.6 Å². The van der Waals surface area contributed by atoms with Crippen molar-refractivity contribution in [1.29, 1.82) is 0 Å². The zero-order chi connectivity index (χ0) is 31.5. The quantitative estimate of drug-likeness (QED) is 0.0837. The average Bonchev–Trinajstić information content (AvgIpc) is 3.00. The number of phenols is 2. The van der Waals surface area contributed by atoms with E-state index in [2.05, 4.69) is 35.6 Å². The molecule has 0 bridgehead atoms. The number of aromatic hydroxyl groups is 2. The van der Waals surface area contributed by atoms with Gasteiger partial charge in [-0.15, -0.1) is 0 Å². The van der Waals surface area contributed by atoms with E-state index in [-0.39, 0.29) is 35.0 Å². The maximum Gasteiger partial charge on any atom is 0.339 e. The van der Waals surface area contributed by atoms with Crippen molar-refractivity contribution in [3.63, 3.8) is 0 Å². The molecule has 0 spiro atoms. The van der Waals surface area contributed by atoms with Crippen LogP contribution in [0.15, 0.2) is 66.7 Å². The standard InChI is InChI=1S/C25H37NO4.C9H8O4/c27-20-23-18-22(13-14-24(23)28)25(29)19-26-15-7-1-2-8-16-30-17-9-6-12-21-10-4-3-5-11-21;1-5(10)6-2-3-8(11)7(4-6)9(12)13/h3-5,10-11,13-14,18,25-29H,1-2,6-9,12,15-17,19-20H2;2-4,11H,1H3,(H,12,13). The molecule has 0 heterocycles. The van der Waals surface area contributed by atoms with Gasteiger partial charge in [0.25, 0.3) is 0 Å². The maximum atomic E-state index is 10.9. The van der Waals surface area contributed by atoms with Gasteiger partial charge in [0, 0.05) is 30.9 Å². The van der Waals surface area contributed by atoms with Crippen LogP contribution in [0.3, 0.4) is 0 Å². The van der Waals surface area contributed by atoms with E-state index in [1.54, 1.807) is 12.1 Å². The topological polar surface area (TPSA) is 157 Å². The summed E-state index contributed by atoms with van der Waals surface area (Å²) in [7, 11) is 0. The molecular weight excluding hydrogens is 550 g/mol. The first-order valence-electron chi connectivity index (χ1n) is 14.7. The smallest absolute Gasteiger partial charge is 0.339 e. The van der Waals surface area contributed by atoms with Crippen molar-refractivity contribution in [3.05, 3.63) is 94.5 Å². The molecule has 1 atom stereocenters. The zero-order valence-electron chi connectivity index (χ0n) is 24.9. The average molecular weight is 596 g/mol. The van der Waals surface area contributed by atoms with Crippen LogP contribution in [0.2, 0.25) is 0 Å². The minimum atomic E-state index is -1.25. The minimum absolute atomic E-state index is 0.0533. The number of hydrogen-bond acceptors (Lipinski definition) is 8. The summed E-state index contributed by atoms with van der Waals surface area (Å²) in [5.41, 5.74) is 2.55. The number of aliphatic hydroxyl groups excluding tert-OH is 2. The molecule has 0 amide bonds. The minimum Gasteiger partial charge on any atom is -0.508 e. The first kappa shape index (κ1) is 35.4. The second-order valence-corrected chi connectivity index (χ2v) is 10.3. The summed E-state index contributed by atoms with van der Waals surface area (Å²) in [6.45, 7) is 4.10. The number of carbonyl (C=O) groups excluding carboxylic acids is 1. The van der Waals surface area contributed by atoms with Gasteiger partial charge in [0.2, 0.25) is 0 Å². The van der Waals surface area contributed by atoms with Crippen molar-refractivity contribution >= 4 is 11.8 Å². The Morgan fingerprint density at radius 3 is 2.19 bits per heavy atom. The molecule has 9 nitrogen and oxygen atoms in total. The fraction of sp³-hybridized carbons (Fsp3) is 0.412. The van der Waals surface area contributed by atoms with E-state index in [4.69, 9.17) is 14.9 Å². The highest BCUT2D eigenvalue weighted by Gasteiger charge is 2.12. The Morgan fingerprint density at radius 2 is 1.51 bits per heavy atom. The highest BCUT2D eigenvalue weighted by molar-refractivity contribution is 5.98. The number of carbonyl (C=O) groups is 2. The molecule has 0 aliphatic carbocycles. The summed E-state index contributed by atoms with van der Waals surface area (Å²) in [4.78, 5) is 21.4. The van der Waals surface area contributed by atoms with Gasteiger partial charge in [-0.25, -0.2) is 4.79 Å². The highest BCUT2D eigenvalue weighted by Crippen LogP contribution is 2.22. The number of rotatable bonds is 18. The number of benzene rings is 3. The van der Waals surface area contributed by atoms with Gasteiger partial charge in [0.1, 0.15) is 17.1 Å². The van der Waals surface area contributed by atoms with E-state index < -0.39 is 12.1 Å². The number of aromatic carboxylic acids is 1. The molecule has 0 saturated heterocycles. The lowest BCUT2D eigenvalue weighted by Crippen LogP contribution is -2.22. The Hall–Kier alpha value is -3.76. The van der Waals surface area contributed by atoms with Gasteiger partial charge >= 0.3 is 5.97 Å². The van der Waals surface area contributed by atoms with Crippen LogP contribution in [0.5, 0.6) is 11.5 Å². The van der Waals surface area contributed by atoms with Crippen LogP contribution in [0, 0.1) is 0 Å². The SMILES string of the molecule is CC(=O)c1ccc(O)c(C(=O)O)c1.OCc1cc(C(O)CNCCCCCCOCCCCc2ccccc2)ccc1O. The summed E-state index contributed by atoms with van der Waals surface area (Å²) in [6.07, 6.45) is 7.24. The zero-order valence-corrected chi connectivity index (χ0v) is 24.9. The third kappa shape index (κ3) is 13.8. The fourth-order valence-corrected chi connectivity index (χ4v) is 4.31. The molecule has 1 unspecified atom stereocenters. The Morgan fingerprint density at radius 1 is 0.837 bits per heavy atom. The highest BCUT2D eigenvalue weighted by atomic mass is 16.5. The molecule has 3 rings (SSSR count). The van der Waals surface area contributed by atoms with Gasteiger partial charge in [-0.2, -0.15) is 0 Å². The van der Waals surface area contributed by atoms with Gasteiger partial charge in [-0.3, -0.25) is 4.79 Å². The van der Waals surface area contributed by atoms with Crippen LogP contribution >= 0.6 is 0 Å². The van der Waals surface area contributed by atoms with Crippen LogP contribution in [0.4, 0.5) is 0 Å². The molecule has 3 aromatic carbocycles. The predicted molar refractivity (Wildman–Crippen MR) is 166 cm³/mol. The molecule has 0 aromatic heterocycles. The number of carboxylic acids is 1. The molecule has 0 saturated carbocycles. The van der Waals surface area contributed by atoms with E-state index in [0.717, 1.165) is 64.3 Å². The monoisotopic (exact) mass is 595 g/mol. The van der Waals surface area contributed by atoms with Gasteiger partial charge in [0.15, 0.2) is 5.78 Å². The number of ketones is 1. The third-order valence-corrected chi connectivity index (χ3v) is 6.87. The molecule has 0 aliphatic heterocycles. The van der Waals surface area contributed by atoms with Crippen molar-refractivity contribution in [2.45, 2.75) is 64.6 Å². The second-order valence-electron chi connectivity index (χ2n) is 10.3. The van der Waals surface area contributed by atoms with Crippen molar-refractivity contribution in [2.75, 3.05) is 26.3 Å². The van der Waals surface area contributed by atoms with Crippen LogP contribution in [0.1, 0.15) is 89.0 Å². The van der Waals surface area contributed by atoms with E-state index >= 15 is 0 Å². The summed E-state index contributed by atoms with van der Waals surface area (Å²) in [5.74, 6) is -1.77. The summed E-state index contributed by atoms with van der Waals surface area (Å²) < 4.78 is 5.72. The summed E-state index contributed by atoms with van der Waals surface area (Å²) in [5, 5.41) is 50.0. The van der Waals surface area contributed by atoms with Crippen molar-refractivity contribution in [2.24, 2.45) is 0 Å². The molecule has 234 valence electrons. The first-order chi connectivity index (χ1) is 20.7. The number of Topliss-reactive ketones (excluding diaryl/α,β-unsaturated/α-hetero) is 1. The van der Waals surface area contributed by atoms with Gasteiger partial charge in [0.05, 0.1) is 12.7 Å². The number of aryl methyl sites for hydroxylation is 1. The number of hydrogen-bond donors (Lipinski definition) is 6. The molecule has 9 heteroatoms. The van der Waals surface area contributed by atoms with Crippen LogP contribution in [-0.4, -0.2) is 63.6 Å². The van der Waals surface area contributed by atoms with Crippen LogP contribution in [0.25, 0.3) is 0 Å². The first-order valence-corrected chi connectivity index (χ1v) is 14.7. The number of carboxylic acid groups (broad SMARTS) is 1. The van der Waals surface area contributed by atoms with Gasteiger partial charge in [-0.1, -0.05) is 49.2 Å². The van der Waals surface area contributed by atoms with Crippen molar-refractivity contribution in [3.8, 4) is 11.5 Å². The molecule has 0 aliphatic rings. The van der Waals surface area contributed by atoms with E-state index in [1.807, 2.05) is 0 Å². The molecule has 3 aromatic rings. The number of nitrogens with one attached hydrogen (secondary N) is 1. The Kier molecular flexibility index (Phi) is 16.6. The lowest BCUT2D eigenvalue weighted by molar-refractivity contribution is 0.0693. The summed E-state index contributed by atoms with van der Waals surface area (Å²) in [6, 6.07) is 19.1. The van der Waals surface area contributed by atoms with E-state index in [9.17, 15) is 24.9 Å². The third-order valence-electron chi connectivity index (χ3n) is 6.87. The normalized spacial score (nSPS) is 11.4. The van der Waals surface area contributed by atoms with E-state index in [1.165, 1.54) is 37.1 Å². The van der Waals surface area contributed by atoms with E-state index in [0.29, 0.717) is 17.7 Å². The van der Waals surface area contributed by atoms with Crippen LogP contribution < -0.4 is 5.32 Å². The largest absolute Gasteiger partial charge is 0.508 e. The Balaban J connectivity index is 0.000000413. The van der Waals surface area contributed by atoms with Crippen LogP contribution in [-0.2, 0) is 17.8 Å². The number of aliphatic hydroxyl groups is 2. The second kappa shape index (κ2) is 20.2. The lowest BCUT2D eigenvalue weighted by Gasteiger charge is -2.14. The number of ether oxygens (including phenoxy) is 1. The van der Waals surface area contributed by atoms with Gasteiger partial charge in [-0.05, 0) is 87.0 Å². The fourth-order valence-electron chi connectivity index (χ4n) is 4.31. The van der Waals surface area contributed by atoms with Crippen molar-refractivity contribution in [1.82, 2.24) is 5.32 Å². The Bertz CT molecular complexity index is 1250. The molecule has 0 radical (unpaired) electrons. The molecular formula is C34H45NO8. The molecule has 43 heavy (non-hydrogen) atoms. The molecule has 0 fully saturated rings. The molecule has 6 N–H and O–H groups in total. The predicted octanol–water partition coefficient (Wildman–Crippen LogP) is 5.40. The maximum absolute atomic E-state index is 10.9. The Labute approximate surface area is 253 Å². The number of unbranched alkanes of at least 4 members (excludes halogenated alkanes) is 4. The summed E-state index contributed by atoms with van der Waals surface area (Å²) >= 11 is 0. The van der Waals surface area contributed by atoms with Crippen molar-refractivity contribution < 1.29 is 39.9 Å².